The van der Waals surface area contributed by atoms with E-state index in [1.165, 1.54) is 18.6 Å². The summed E-state index contributed by atoms with van der Waals surface area (Å²) in [5, 5.41) is 6.22. The summed E-state index contributed by atoms with van der Waals surface area (Å²) >= 11 is 0. The van der Waals surface area contributed by atoms with Gasteiger partial charge in [0.1, 0.15) is 18.1 Å². The van der Waals surface area contributed by atoms with Gasteiger partial charge in [0.05, 0.1) is 17.9 Å². The Balaban J connectivity index is 1.87. The van der Waals surface area contributed by atoms with Gasteiger partial charge in [-0.3, -0.25) is 14.6 Å². The molecule has 0 saturated heterocycles. The van der Waals surface area contributed by atoms with Crippen LogP contribution in [0.25, 0.3) is 0 Å². The molecule has 9 heteroatoms. The third kappa shape index (κ3) is 5.77. The van der Waals surface area contributed by atoms with Crippen LogP contribution in [-0.2, 0) is 4.74 Å². The van der Waals surface area contributed by atoms with Crippen molar-refractivity contribution in [2.75, 3.05) is 39.2 Å². The molecule has 0 bridgehead atoms. The number of methoxy groups -OCH3 is 1. The average Bonchev–Trinajstić information content (AvgIpc) is 2.79. The first kappa shape index (κ1) is 22.6. The molecule has 0 saturated carbocycles. The van der Waals surface area contributed by atoms with E-state index in [-0.39, 0.29) is 29.7 Å². The van der Waals surface area contributed by atoms with Crippen molar-refractivity contribution >= 4 is 17.5 Å². The highest BCUT2D eigenvalue weighted by Gasteiger charge is 2.25. The summed E-state index contributed by atoms with van der Waals surface area (Å²) in [6, 6.07) is 5.06. The molecule has 1 aliphatic rings. The molecule has 3 rings (SSSR count). The number of nitrogens with one attached hydrogen (secondary N) is 2. The standard InChI is InChI=1S/C22H29N5O4/c1-14-10-25-15(2)13-31-19-9-16(26-21(28)18-11-23-7-8-24-18)5-6-17(19)22(29)27(3)12-20(14)30-4/h5-9,11,14-15,20,25H,10,12-13H2,1-4H3,(H,26,28)/t14-,15-,20+/m0/s1. The van der Waals surface area contributed by atoms with Crippen molar-refractivity contribution in [2.24, 2.45) is 5.92 Å². The smallest absolute Gasteiger partial charge is 0.275 e. The van der Waals surface area contributed by atoms with Crippen LogP contribution in [0.1, 0.15) is 34.7 Å². The Morgan fingerprint density at radius 3 is 2.84 bits per heavy atom. The molecular formula is C22H29N5O4. The molecular weight excluding hydrogens is 398 g/mol. The quantitative estimate of drug-likeness (QED) is 0.770. The Labute approximate surface area is 182 Å². The average molecular weight is 428 g/mol. The minimum absolute atomic E-state index is 0.0675. The van der Waals surface area contributed by atoms with Gasteiger partial charge in [0.25, 0.3) is 11.8 Å². The minimum atomic E-state index is -0.392. The summed E-state index contributed by atoms with van der Waals surface area (Å²) in [6.45, 7) is 5.69. The van der Waals surface area contributed by atoms with E-state index in [4.69, 9.17) is 9.47 Å². The van der Waals surface area contributed by atoms with E-state index < -0.39 is 5.91 Å². The zero-order valence-electron chi connectivity index (χ0n) is 18.3. The van der Waals surface area contributed by atoms with Gasteiger partial charge < -0.3 is 25.0 Å². The van der Waals surface area contributed by atoms with Crippen LogP contribution in [0.5, 0.6) is 5.75 Å². The maximum atomic E-state index is 13.1. The number of carbonyl (C=O) groups is 2. The van der Waals surface area contributed by atoms with Crippen LogP contribution in [-0.4, -0.2) is 72.7 Å². The summed E-state index contributed by atoms with van der Waals surface area (Å²) in [6.07, 6.45) is 4.24. The van der Waals surface area contributed by atoms with Gasteiger partial charge in [0.15, 0.2) is 0 Å². The van der Waals surface area contributed by atoms with Crippen molar-refractivity contribution in [1.29, 1.82) is 0 Å². The fourth-order valence-corrected chi connectivity index (χ4v) is 3.35. The fraction of sp³-hybridized carbons (Fsp3) is 0.455. The number of fused-ring (bicyclic) bond motifs is 1. The summed E-state index contributed by atoms with van der Waals surface area (Å²) in [5.41, 5.74) is 1.13. The van der Waals surface area contributed by atoms with Crippen molar-refractivity contribution in [3.8, 4) is 5.75 Å². The number of hydrogen-bond acceptors (Lipinski definition) is 7. The molecule has 31 heavy (non-hydrogen) atoms. The van der Waals surface area contributed by atoms with Crippen LogP contribution in [0.4, 0.5) is 5.69 Å². The lowest BCUT2D eigenvalue weighted by Crippen LogP contribution is -2.44. The SMILES string of the molecule is CO[C@@H]1CN(C)C(=O)c2ccc(NC(=O)c3cnccn3)cc2OC[C@H](C)NC[C@@H]1C. The lowest BCUT2D eigenvalue weighted by Gasteiger charge is -2.30. The zero-order chi connectivity index (χ0) is 22.4. The van der Waals surface area contributed by atoms with Crippen molar-refractivity contribution in [1.82, 2.24) is 20.2 Å². The molecule has 1 aliphatic heterocycles. The summed E-state index contributed by atoms with van der Waals surface area (Å²) in [5.74, 6) is 0.0687. The molecule has 0 radical (unpaired) electrons. The minimum Gasteiger partial charge on any atom is -0.491 e. The van der Waals surface area contributed by atoms with E-state index in [0.717, 1.165) is 6.54 Å². The number of amides is 2. The summed E-state index contributed by atoms with van der Waals surface area (Å²) in [4.78, 5) is 35.1. The first-order valence-electron chi connectivity index (χ1n) is 10.2. The van der Waals surface area contributed by atoms with Crippen LogP contribution in [0.15, 0.2) is 36.8 Å². The molecule has 2 aromatic rings. The lowest BCUT2D eigenvalue weighted by molar-refractivity contribution is 0.0281. The first-order chi connectivity index (χ1) is 14.9. The van der Waals surface area contributed by atoms with Crippen molar-refractivity contribution in [3.05, 3.63) is 48.0 Å². The third-order valence-electron chi connectivity index (χ3n) is 5.28. The number of ether oxygens (including phenoxy) is 2. The topological polar surface area (TPSA) is 106 Å². The van der Waals surface area contributed by atoms with Gasteiger partial charge in [-0.15, -0.1) is 0 Å². The van der Waals surface area contributed by atoms with E-state index in [9.17, 15) is 9.59 Å². The Morgan fingerprint density at radius 2 is 2.13 bits per heavy atom. The molecule has 166 valence electrons. The summed E-state index contributed by atoms with van der Waals surface area (Å²) < 4.78 is 11.6. The fourth-order valence-electron chi connectivity index (χ4n) is 3.35. The predicted molar refractivity (Wildman–Crippen MR) is 116 cm³/mol. The van der Waals surface area contributed by atoms with Crippen LogP contribution in [0, 0.1) is 5.92 Å². The normalized spacial score (nSPS) is 22.5. The number of aromatic nitrogens is 2. The number of benzene rings is 1. The third-order valence-corrected chi connectivity index (χ3v) is 5.28. The van der Waals surface area contributed by atoms with Gasteiger partial charge in [-0.1, -0.05) is 6.92 Å². The number of carbonyl (C=O) groups excluding carboxylic acids is 2. The Hall–Kier alpha value is -3.04. The van der Waals surface area contributed by atoms with Gasteiger partial charge in [-0.25, -0.2) is 4.98 Å². The first-order valence-corrected chi connectivity index (χ1v) is 10.2. The number of nitrogens with zero attached hydrogens (tertiary/aromatic N) is 3. The van der Waals surface area contributed by atoms with E-state index in [1.807, 2.05) is 6.92 Å². The molecule has 9 nitrogen and oxygen atoms in total. The highest BCUT2D eigenvalue weighted by Crippen LogP contribution is 2.26. The number of rotatable bonds is 3. The van der Waals surface area contributed by atoms with Gasteiger partial charge >= 0.3 is 0 Å². The van der Waals surface area contributed by atoms with E-state index >= 15 is 0 Å². The van der Waals surface area contributed by atoms with Crippen LogP contribution in [0.3, 0.4) is 0 Å². The van der Waals surface area contributed by atoms with Crippen molar-refractivity contribution < 1.29 is 19.1 Å². The molecule has 1 aromatic carbocycles. The maximum absolute atomic E-state index is 13.1. The predicted octanol–water partition coefficient (Wildman–Crippen LogP) is 1.82. The Morgan fingerprint density at radius 1 is 1.32 bits per heavy atom. The van der Waals surface area contributed by atoms with Crippen LogP contribution in [0.2, 0.25) is 0 Å². The molecule has 0 aliphatic carbocycles. The van der Waals surface area contributed by atoms with E-state index in [0.29, 0.717) is 30.2 Å². The van der Waals surface area contributed by atoms with E-state index in [2.05, 4.69) is 27.5 Å². The van der Waals surface area contributed by atoms with Crippen LogP contribution < -0.4 is 15.4 Å². The van der Waals surface area contributed by atoms with Gasteiger partial charge in [-0.05, 0) is 25.0 Å². The number of anilines is 1. The van der Waals surface area contributed by atoms with Gasteiger partial charge in [0, 0.05) is 57.4 Å². The van der Waals surface area contributed by atoms with E-state index in [1.54, 1.807) is 37.3 Å². The molecule has 0 fully saturated rings. The second kappa shape index (κ2) is 10.3. The van der Waals surface area contributed by atoms with Gasteiger partial charge in [0.2, 0.25) is 0 Å². The molecule has 2 amide bonds. The number of hydrogen-bond donors (Lipinski definition) is 2. The molecule has 1 aromatic heterocycles. The monoisotopic (exact) mass is 427 g/mol. The molecule has 0 spiro atoms. The van der Waals surface area contributed by atoms with Gasteiger partial charge in [-0.2, -0.15) is 0 Å². The van der Waals surface area contributed by atoms with Crippen molar-refractivity contribution in [3.63, 3.8) is 0 Å². The van der Waals surface area contributed by atoms with Crippen molar-refractivity contribution in [2.45, 2.75) is 26.0 Å². The second-order valence-corrected chi connectivity index (χ2v) is 7.81. The highest BCUT2D eigenvalue weighted by atomic mass is 16.5. The maximum Gasteiger partial charge on any atom is 0.275 e. The summed E-state index contributed by atoms with van der Waals surface area (Å²) in [7, 11) is 3.41. The zero-order valence-corrected chi connectivity index (χ0v) is 18.3. The molecule has 0 unspecified atom stereocenters. The largest absolute Gasteiger partial charge is 0.491 e. The molecule has 3 atom stereocenters. The lowest BCUT2D eigenvalue weighted by atomic mass is 10.0. The Kier molecular flexibility index (Phi) is 7.54. The van der Waals surface area contributed by atoms with Crippen LogP contribution >= 0.6 is 0 Å². The molecule has 2 N–H and O–H groups in total. The number of likely N-dealkylation sites (N-methyl/N-ethyl adjacent to an activating group) is 1. The highest BCUT2D eigenvalue weighted by molar-refractivity contribution is 6.03. The Bertz CT molecular complexity index is 908. The second-order valence-electron chi connectivity index (χ2n) is 7.81. The molecule has 2 heterocycles.